The van der Waals surface area contributed by atoms with Gasteiger partial charge in [0.2, 0.25) is 0 Å². The third kappa shape index (κ3) is 1.85. The summed E-state index contributed by atoms with van der Waals surface area (Å²) in [6.45, 7) is 2.03. The number of hydrogen-bond donors (Lipinski definition) is 1. The van der Waals surface area contributed by atoms with Gasteiger partial charge in [-0.25, -0.2) is 0 Å². The molecule has 2 aromatic carbocycles. The second-order valence-electron chi connectivity index (χ2n) is 5.46. The molecule has 2 heteroatoms. The maximum absolute atomic E-state index is 4.56. The molecule has 0 radical (unpaired) electrons. The number of rotatable bonds is 1. The standard InChI is InChI=1S/C18H16N2/c1-12-6-7-14-10-15(8-9-17(14)19-12)18-11-13-4-2-3-5-16(13)20-18/h2-10,18,20H,11H2,1H3. The molecule has 1 aromatic heterocycles. The molecule has 4 rings (SSSR count). The van der Waals surface area contributed by atoms with E-state index in [4.69, 9.17) is 0 Å². The summed E-state index contributed by atoms with van der Waals surface area (Å²) in [5.74, 6) is 0. The first-order valence-electron chi connectivity index (χ1n) is 7.01. The summed E-state index contributed by atoms with van der Waals surface area (Å²) in [6, 6.07) is 19.7. The number of aromatic nitrogens is 1. The molecule has 1 unspecified atom stereocenters. The molecule has 1 aliphatic rings. The van der Waals surface area contributed by atoms with Crippen LogP contribution in [-0.4, -0.2) is 4.98 Å². The van der Waals surface area contributed by atoms with E-state index in [1.807, 2.05) is 6.92 Å². The fraction of sp³-hybridized carbons (Fsp3) is 0.167. The topological polar surface area (TPSA) is 24.9 Å². The summed E-state index contributed by atoms with van der Waals surface area (Å²) in [5, 5.41) is 4.82. The fourth-order valence-electron chi connectivity index (χ4n) is 2.96. The van der Waals surface area contributed by atoms with Crippen LogP contribution in [0.25, 0.3) is 10.9 Å². The molecule has 1 aliphatic heterocycles. The van der Waals surface area contributed by atoms with E-state index in [1.165, 1.54) is 22.2 Å². The Hall–Kier alpha value is -2.35. The van der Waals surface area contributed by atoms with Crippen LogP contribution in [0.5, 0.6) is 0 Å². The average Bonchev–Trinajstić information content (AvgIpc) is 2.90. The van der Waals surface area contributed by atoms with E-state index >= 15 is 0 Å². The molecule has 0 spiro atoms. The summed E-state index contributed by atoms with van der Waals surface area (Å²) in [6.07, 6.45) is 1.06. The van der Waals surface area contributed by atoms with Crippen LogP contribution in [0.3, 0.4) is 0 Å². The highest BCUT2D eigenvalue weighted by atomic mass is 14.9. The van der Waals surface area contributed by atoms with Gasteiger partial charge in [-0.15, -0.1) is 0 Å². The Labute approximate surface area is 118 Å². The lowest BCUT2D eigenvalue weighted by atomic mass is 10.0. The van der Waals surface area contributed by atoms with Crippen LogP contribution in [0.4, 0.5) is 5.69 Å². The largest absolute Gasteiger partial charge is 0.378 e. The van der Waals surface area contributed by atoms with E-state index in [2.05, 4.69) is 64.9 Å². The number of fused-ring (bicyclic) bond motifs is 2. The summed E-state index contributed by atoms with van der Waals surface area (Å²) >= 11 is 0. The van der Waals surface area contributed by atoms with Gasteiger partial charge >= 0.3 is 0 Å². The van der Waals surface area contributed by atoms with Gasteiger partial charge in [-0.3, -0.25) is 4.98 Å². The molecular weight excluding hydrogens is 244 g/mol. The second-order valence-corrected chi connectivity index (χ2v) is 5.46. The Morgan fingerprint density at radius 2 is 1.95 bits per heavy atom. The van der Waals surface area contributed by atoms with Crippen LogP contribution in [0.2, 0.25) is 0 Å². The molecule has 0 amide bonds. The minimum absolute atomic E-state index is 0.373. The van der Waals surface area contributed by atoms with Crippen molar-refractivity contribution in [2.24, 2.45) is 0 Å². The van der Waals surface area contributed by atoms with Crippen molar-refractivity contribution in [3.05, 3.63) is 71.4 Å². The van der Waals surface area contributed by atoms with Gasteiger partial charge in [0.15, 0.2) is 0 Å². The molecule has 2 nitrogen and oxygen atoms in total. The van der Waals surface area contributed by atoms with Crippen molar-refractivity contribution in [2.75, 3.05) is 5.32 Å². The Balaban J connectivity index is 1.72. The molecule has 0 saturated heterocycles. The van der Waals surface area contributed by atoms with Crippen LogP contribution in [0.1, 0.15) is 22.9 Å². The molecule has 0 saturated carbocycles. The SMILES string of the molecule is Cc1ccc2cc(C3Cc4ccccc4N3)ccc2n1. The maximum Gasteiger partial charge on any atom is 0.0705 e. The van der Waals surface area contributed by atoms with Crippen molar-refractivity contribution in [1.82, 2.24) is 4.98 Å². The highest BCUT2D eigenvalue weighted by Gasteiger charge is 2.21. The summed E-state index contributed by atoms with van der Waals surface area (Å²) in [7, 11) is 0. The first kappa shape index (κ1) is 11.5. The average molecular weight is 260 g/mol. The van der Waals surface area contributed by atoms with E-state index in [0.717, 1.165) is 17.6 Å². The molecule has 3 aromatic rings. The molecule has 1 atom stereocenters. The maximum atomic E-state index is 4.56. The Morgan fingerprint density at radius 3 is 2.85 bits per heavy atom. The minimum atomic E-state index is 0.373. The van der Waals surface area contributed by atoms with Crippen molar-refractivity contribution in [2.45, 2.75) is 19.4 Å². The zero-order valence-electron chi connectivity index (χ0n) is 11.4. The van der Waals surface area contributed by atoms with E-state index in [0.29, 0.717) is 6.04 Å². The molecule has 0 bridgehead atoms. The van der Waals surface area contributed by atoms with E-state index in [9.17, 15) is 0 Å². The van der Waals surface area contributed by atoms with Crippen LogP contribution in [0, 0.1) is 6.92 Å². The lowest BCUT2D eigenvalue weighted by Crippen LogP contribution is -2.05. The molecular formula is C18H16N2. The van der Waals surface area contributed by atoms with Crippen LogP contribution >= 0.6 is 0 Å². The third-order valence-electron chi connectivity index (χ3n) is 4.03. The number of nitrogens with zero attached hydrogens (tertiary/aromatic N) is 1. The first-order chi connectivity index (χ1) is 9.79. The normalized spacial score (nSPS) is 16.9. The third-order valence-corrected chi connectivity index (χ3v) is 4.03. The predicted octanol–water partition coefficient (Wildman–Crippen LogP) is 4.25. The lowest BCUT2D eigenvalue weighted by molar-refractivity contribution is 0.826. The zero-order chi connectivity index (χ0) is 13.5. The number of benzene rings is 2. The Kier molecular flexibility index (Phi) is 2.49. The van der Waals surface area contributed by atoms with Crippen molar-refractivity contribution in [3.8, 4) is 0 Å². The van der Waals surface area contributed by atoms with Crippen molar-refractivity contribution >= 4 is 16.6 Å². The fourth-order valence-corrected chi connectivity index (χ4v) is 2.96. The predicted molar refractivity (Wildman–Crippen MR) is 83.0 cm³/mol. The van der Waals surface area contributed by atoms with Gasteiger partial charge in [-0.2, -0.15) is 0 Å². The number of pyridine rings is 1. The minimum Gasteiger partial charge on any atom is -0.378 e. The van der Waals surface area contributed by atoms with Gasteiger partial charge in [0, 0.05) is 16.8 Å². The molecule has 1 N–H and O–H groups in total. The Bertz CT molecular complexity index is 767. The molecule has 2 heterocycles. The summed E-state index contributed by atoms with van der Waals surface area (Å²) in [5.41, 5.74) is 6.14. The lowest BCUT2D eigenvalue weighted by Gasteiger charge is -2.12. The van der Waals surface area contributed by atoms with Gasteiger partial charge in [-0.1, -0.05) is 30.3 Å². The Morgan fingerprint density at radius 1 is 1.05 bits per heavy atom. The highest BCUT2D eigenvalue weighted by Crippen LogP contribution is 2.34. The number of nitrogens with one attached hydrogen (secondary N) is 1. The van der Waals surface area contributed by atoms with Gasteiger partial charge in [0.1, 0.15) is 0 Å². The molecule has 98 valence electrons. The van der Waals surface area contributed by atoms with Crippen LogP contribution in [0.15, 0.2) is 54.6 Å². The van der Waals surface area contributed by atoms with E-state index < -0.39 is 0 Å². The van der Waals surface area contributed by atoms with Gasteiger partial charge < -0.3 is 5.32 Å². The number of hydrogen-bond acceptors (Lipinski definition) is 2. The number of aryl methyl sites for hydroxylation is 1. The quantitative estimate of drug-likeness (QED) is 0.707. The molecule has 20 heavy (non-hydrogen) atoms. The molecule has 0 fully saturated rings. The van der Waals surface area contributed by atoms with Crippen LogP contribution < -0.4 is 5.32 Å². The van der Waals surface area contributed by atoms with Gasteiger partial charge in [0.05, 0.1) is 11.6 Å². The van der Waals surface area contributed by atoms with Crippen molar-refractivity contribution in [1.29, 1.82) is 0 Å². The van der Waals surface area contributed by atoms with Gasteiger partial charge in [-0.05, 0) is 48.7 Å². The van der Waals surface area contributed by atoms with Crippen LogP contribution in [-0.2, 0) is 6.42 Å². The molecule has 0 aliphatic carbocycles. The first-order valence-corrected chi connectivity index (χ1v) is 7.01. The summed E-state index contributed by atoms with van der Waals surface area (Å²) < 4.78 is 0. The van der Waals surface area contributed by atoms with Crippen molar-refractivity contribution in [3.63, 3.8) is 0 Å². The van der Waals surface area contributed by atoms with Gasteiger partial charge in [0.25, 0.3) is 0 Å². The highest BCUT2D eigenvalue weighted by molar-refractivity contribution is 5.79. The smallest absolute Gasteiger partial charge is 0.0705 e. The zero-order valence-corrected chi connectivity index (χ0v) is 11.4. The number of anilines is 1. The second kappa shape index (κ2) is 4.34. The monoisotopic (exact) mass is 260 g/mol. The summed E-state index contributed by atoms with van der Waals surface area (Å²) in [4.78, 5) is 4.56. The van der Waals surface area contributed by atoms with Crippen molar-refractivity contribution < 1.29 is 0 Å². The van der Waals surface area contributed by atoms with E-state index in [-0.39, 0.29) is 0 Å². The number of para-hydroxylation sites is 1. The van der Waals surface area contributed by atoms with E-state index in [1.54, 1.807) is 0 Å².